The fraction of sp³-hybridized carbons (Fsp3) is 0.895. The highest BCUT2D eigenvalue weighted by Gasteiger charge is 1.98. The van der Waals surface area contributed by atoms with Gasteiger partial charge < -0.3 is 0 Å². The summed E-state index contributed by atoms with van der Waals surface area (Å²) in [4.78, 5) is -0.165. The van der Waals surface area contributed by atoms with E-state index >= 15 is 0 Å². The van der Waals surface area contributed by atoms with Crippen LogP contribution in [0.15, 0.2) is 0 Å². The van der Waals surface area contributed by atoms with Crippen molar-refractivity contribution in [1.82, 2.24) is 0 Å². The highest BCUT2D eigenvalue weighted by molar-refractivity contribution is 6.44. The molecule has 0 spiro atoms. The van der Waals surface area contributed by atoms with E-state index in [-0.39, 0.29) is 4.84 Å². The Balaban J connectivity index is 2.95. The van der Waals surface area contributed by atoms with Crippen LogP contribution in [0.2, 0.25) is 0 Å². The maximum Gasteiger partial charge on any atom is 0.107 e. The summed E-state index contributed by atoms with van der Waals surface area (Å²) in [5, 5.41) is 0. The van der Waals surface area contributed by atoms with Crippen LogP contribution in [0.3, 0.4) is 0 Å². The third-order valence-electron chi connectivity index (χ3n) is 3.99. The maximum atomic E-state index is 5.70. The molecule has 0 nitrogen and oxygen atoms in total. The number of halogens is 2. The van der Waals surface area contributed by atoms with Gasteiger partial charge in [0.25, 0.3) is 0 Å². The topological polar surface area (TPSA) is 0 Å². The number of rotatable bonds is 16. The highest BCUT2D eigenvalue weighted by Crippen LogP contribution is 2.15. The van der Waals surface area contributed by atoms with E-state index in [1.54, 1.807) is 0 Å². The van der Waals surface area contributed by atoms with Gasteiger partial charge in [-0.3, -0.25) is 0 Å². The summed E-state index contributed by atoms with van der Waals surface area (Å²) in [7, 11) is 0. The second-order valence-corrected chi connectivity index (χ2v) is 7.36. The van der Waals surface area contributed by atoms with Crippen LogP contribution < -0.4 is 0 Å². The van der Waals surface area contributed by atoms with Gasteiger partial charge >= 0.3 is 0 Å². The predicted octanol–water partition coefficient (Wildman–Crippen LogP) is 7.66. The molecular formula is C19H34Cl2. The van der Waals surface area contributed by atoms with Crippen molar-refractivity contribution in [2.24, 2.45) is 0 Å². The van der Waals surface area contributed by atoms with Crippen molar-refractivity contribution in [3.8, 4) is 12.3 Å². The van der Waals surface area contributed by atoms with E-state index in [1.165, 1.54) is 89.9 Å². The summed E-state index contributed by atoms with van der Waals surface area (Å²) in [5.41, 5.74) is 0. The van der Waals surface area contributed by atoms with Crippen LogP contribution in [-0.2, 0) is 0 Å². The molecule has 0 saturated heterocycles. The largest absolute Gasteiger partial charge is 0.120 e. The minimum atomic E-state index is -0.165. The lowest BCUT2D eigenvalue weighted by Gasteiger charge is -2.03. The quantitative estimate of drug-likeness (QED) is 0.154. The fourth-order valence-corrected chi connectivity index (χ4v) is 2.96. The molecule has 0 heterocycles. The zero-order valence-corrected chi connectivity index (χ0v) is 15.2. The lowest BCUT2D eigenvalue weighted by molar-refractivity contribution is 0.532. The molecule has 0 atom stereocenters. The van der Waals surface area contributed by atoms with Gasteiger partial charge in [-0.2, -0.15) is 0 Å². The molecule has 2 heteroatoms. The minimum absolute atomic E-state index is 0.165. The molecule has 0 rings (SSSR count). The molecule has 124 valence electrons. The molecule has 0 aliphatic rings. The zero-order chi connectivity index (χ0) is 15.6. The lowest BCUT2D eigenvalue weighted by Crippen LogP contribution is -1.87. The highest BCUT2D eigenvalue weighted by atomic mass is 35.5. The minimum Gasteiger partial charge on any atom is -0.120 e. The van der Waals surface area contributed by atoms with Crippen LogP contribution in [0.25, 0.3) is 0 Å². The third-order valence-corrected chi connectivity index (χ3v) is 4.43. The van der Waals surface area contributed by atoms with Crippen LogP contribution >= 0.6 is 23.2 Å². The Kier molecular flexibility index (Phi) is 18.3. The number of terminal acetylenes is 1. The SMILES string of the molecule is C#CCCCCCCCCCCCCCCCCC(Cl)Cl. The Hall–Kier alpha value is 0.140. The van der Waals surface area contributed by atoms with Crippen LogP contribution in [0.4, 0.5) is 0 Å². The first kappa shape index (κ1) is 21.1. The average Bonchev–Trinajstić information content (AvgIpc) is 2.46. The summed E-state index contributed by atoms with van der Waals surface area (Å²) in [6.07, 6.45) is 26.1. The van der Waals surface area contributed by atoms with Gasteiger partial charge in [0.2, 0.25) is 0 Å². The molecule has 0 saturated carbocycles. The molecule has 0 aromatic rings. The third kappa shape index (κ3) is 20.1. The molecule has 0 aliphatic carbocycles. The van der Waals surface area contributed by atoms with Gasteiger partial charge in [-0.1, -0.05) is 83.5 Å². The predicted molar refractivity (Wildman–Crippen MR) is 98.2 cm³/mol. The van der Waals surface area contributed by atoms with Crippen molar-refractivity contribution in [2.45, 2.75) is 108 Å². The first-order chi connectivity index (χ1) is 10.3. The molecule has 0 aliphatic heterocycles. The summed E-state index contributed by atoms with van der Waals surface area (Å²) in [6.45, 7) is 0. The summed E-state index contributed by atoms with van der Waals surface area (Å²) < 4.78 is 0. The fourth-order valence-electron chi connectivity index (χ4n) is 2.65. The zero-order valence-electron chi connectivity index (χ0n) is 13.7. The average molecular weight is 333 g/mol. The normalized spacial score (nSPS) is 11.0. The first-order valence-corrected chi connectivity index (χ1v) is 9.86. The number of unbranched alkanes of at least 4 members (excludes halogenated alkanes) is 14. The molecule has 0 bridgehead atoms. The van der Waals surface area contributed by atoms with Gasteiger partial charge in [0.15, 0.2) is 0 Å². The van der Waals surface area contributed by atoms with E-state index in [0.717, 1.165) is 12.8 Å². The Morgan fingerprint density at radius 3 is 1.24 bits per heavy atom. The van der Waals surface area contributed by atoms with E-state index in [4.69, 9.17) is 29.6 Å². The van der Waals surface area contributed by atoms with Crippen molar-refractivity contribution in [2.75, 3.05) is 0 Å². The second kappa shape index (κ2) is 18.2. The Bertz CT molecular complexity index is 230. The molecule has 0 radical (unpaired) electrons. The van der Waals surface area contributed by atoms with Gasteiger partial charge in [-0.15, -0.1) is 35.5 Å². The van der Waals surface area contributed by atoms with E-state index in [0.29, 0.717) is 0 Å². The monoisotopic (exact) mass is 332 g/mol. The van der Waals surface area contributed by atoms with Crippen molar-refractivity contribution in [1.29, 1.82) is 0 Å². The Labute approximate surface area is 143 Å². The maximum absolute atomic E-state index is 5.70. The van der Waals surface area contributed by atoms with Crippen LogP contribution in [0.1, 0.15) is 103 Å². The van der Waals surface area contributed by atoms with E-state index < -0.39 is 0 Å². The van der Waals surface area contributed by atoms with E-state index in [9.17, 15) is 0 Å². The number of hydrogen-bond donors (Lipinski definition) is 0. The lowest BCUT2D eigenvalue weighted by atomic mass is 10.0. The first-order valence-electron chi connectivity index (χ1n) is 8.99. The molecule has 0 aromatic heterocycles. The van der Waals surface area contributed by atoms with Crippen molar-refractivity contribution in [3.63, 3.8) is 0 Å². The Morgan fingerprint density at radius 1 is 0.571 bits per heavy atom. The molecule has 21 heavy (non-hydrogen) atoms. The van der Waals surface area contributed by atoms with Crippen molar-refractivity contribution in [3.05, 3.63) is 0 Å². The number of alkyl halides is 2. The van der Waals surface area contributed by atoms with E-state index in [2.05, 4.69) is 5.92 Å². The van der Waals surface area contributed by atoms with Gasteiger partial charge in [-0.25, -0.2) is 0 Å². The van der Waals surface area contributed by atoms with Crippen molar-refractivity contribution < 1.29 is 0 Å². The molecular weight excluding hydrogens is 299 g/mol. The molecule has 0 unspecified atom stereocenters. The summed E-state index contributed by atoms with van der Waals surface area (Å²) in [6, 6.07) is 0. The molecule has 0 fully saturated rings. The molecule has 0 aromatic carbocycles. The van der Waals surface area contributed by atoms with Gasteiger partial charge in [0.05, 0.1) is 0 Å². The van der Waals surface area contributed by atoms with Crippen LogP contribution in [0.5, 0.6) is 0 Å². The van der Waals surface area contributed by atoms with Crippen LogP contribution in [-0.4, -0.2) is 4.84 Å². The standard InChI is InChI=1S/C19H34Cl2/c1-2-3-4-5-6-7-8-9-10-11-12-13-14-15-16-17-18-19(20)21/h1,19H,3-18H2. The number of hydrogen-bond acceptors (Lipinski definition) is 0. The van der Waals surface area contributed by atoms with Crippen LogP contribution in [0, 0.1) is 12.3 Å². The summed E-state index contributed by atoms with van der Waals surface area (Å²) >= 11 is 11.4. The van der Waals surface area contributed by atoms with Gasteiger partial charge in [0, 0.05) is 6.42 Å². The van der Waals surface area contributed by atoms with Gasteiger partial charge in [0.1, 0.15) is 4.84 Å². The van der Waals surface area contributed by atoms with Crippen molar-refractivity contribution >= 4 is 23.2 Å². The smallest absolute Gasteiger partial charge is 0.107 e. The Morgan fingerprint density at radius 2 is 0.905 bits per heavy atom. The van der Waals surface area contributed by atoms with Gasteiger partial charge in [-0.05, 0) is 12.8 Å². The second-order valence-electron chi connectivity index (χ2n) is 6.08. The molecule has 0 N–H and O–H groups in total. The summed E-state index contributed by atoms with van der Waals surface area (Å²) in [5.74, 6) is 2.71. The molecule has 0 amide bonds. The van der Waals surface area contributed by atoms with E-state index in [1.807, 2.05) is 0 Å².